The first-order valence-electron chi connectivity index (χ1n) is 13.7. The Morgan fingerprint density at radius 2 is 1.97 bits per heavy atom. The van der Waals surface area contributed by atoms with Crippen LogP contribution in [0.3, 0.4) is 0 Å². The molecular formula is C29H38N4O6. The van der Waals surface area contributed by atoms with E-state index in [-0.39, 0.29) is 11.7 Å². The monoisotopic (exact) mass is 538 g/mol. The van der Waals surface area contributed by atoms with Gasteiger partial charge >= 0.3 is 5.97 Å². The van der Waals surface area contributed by atoms with Crippen molar-refractivity contribution in [1.82, 2.24) is 19.4 Å². The second kappa shape index (κ2) is 12.0. The standard InChI is InChI=1S/C29H38N4O6/c1-18-12-22(16-32(3)28(18)35)27-31-24-5-4-21(13-25(24)33(27)15-20-6-9-37-10-7-20)14-30-26(19(2)34)29(36)39-23-8-11-38-17-23/h4-5,12-13,16,19-20,23,26,30,34H,6-11,14-15,17H2,1-3H3/t19-,23?,26+/m1/s1. The zero-order valence-electron chi connectivity index (χ0n) is 22.9. The minimum Gasteiger partial charge on any atom is -0.459 e. The third-order valence-corrected chi connectivity index (χ3v) is 7.65. The maximum absolute atomic E-state index is 12.7. The van der Waals surface area contributed by atoms with E-state index in [0.29, 0.717) is 37.7 Å². The van der Waals surface area contributed by atoms with Gasteiger partial charge in [0.05, 0.1) is 30.4 Å². The maximum atomic E-state index is 12.7. The second-order valence-corrected chi connectivity index (χ2v) is 10.8. The molecule has 210 valence electrons. The first-order chi connectivity index (χ1) is 18.8. The summed E-state index contributed by atoms with van der Waals surface area (Å²) in [6.07, 6.45) is 3.29. The summed E-state index contributed by atoms with van der Waals surface area (Å²) in [5.74, 6) is 0.808. The van der Waals surface area contributed by atoms with Gasteiger partial charge in [-0.15, -0.1) is 0 Å². The number of esters is 1. The molecule has 2 fully saturated rings. The fourth-order valence-electron chi connectivity index (χ4n) is 5.39. The number of carbonyl (C=O) groups excluding carboxylic acids is 1. The van der Waals surface area contributed by atoms with Crippen molar-refractivity contribution < 1.29 is 24.1 Å². The van der Waals surface area contributed by atoms with Gasteiger partial charge in [0.2, 0.25) is 0 Å². The van der Waals surface area contributed by atoms with Gasteiger partial charge in [-0.1, -0.05) is 6.07 Å². The first kappa shape index (κ1) is 27.5. The molecular weight excluding hydrogens is 500 g/mol. The highest BCUT2D eigenvalue weighted by molar-refractivity contribution is 5.81. The van der Waals surface area contributed by atoms with Crippen LogP contribution >= 0.6 is 0 Å². The molecule has 0 saturated carbocycles. The van der Waals surface area contributed by atoms with Crippen LogP contribution in [0.15, 0.2) is 35.3 Å². The Labute approximate surface area is 227 Å². The van der Waals surface area contributed by atoms with Gasteiger partial charge in [-0.25, -0.2) is 4.98 Å². The van der Waals surface area contributed by atoms with Crippen LogP contribution < -0.4 is 10.9 Å². The lowest BCUT2D eigenvalue weighted by Gasteiger charge is -2.24. The summed E-state index contributed by atoms with van der Waals surface area (Å²) in [7, 11) is 1.76. The molecule has 2 aliphatic heterocycles. The number of hydrogen-bond donors (Lipinski definition) is 2. The predicted octanol–water partition coefficient (Wildman–Crippen LogP) is 2.31. The normalized spacial score (nSPS) is 19.8. The van der Waals surface area contributed by atoms with Gasteiger partial charge in [0.15, 0.2) is 0 Å². The molecule has 2 N–H and O–H groups in total. The Morgan fingerprint density at radius 1 is 1.21 bits per heavy atom. The molecule has 0 radical (unpaired) electrons. The number of pyridine rings is 1. The van der Waals surface area contributed by atoms with Gasteiger partial charge < -0.3 is 28.5 Å². The van der Waals surface area contributed by atoms with E-state index in [1.165, 1.54) is 0 Å². The minimum atomic E-state index is -0.915. The lowest BCUT2D eigenvalue weighted by atomic mass is 10.00. The topological polar surface area (TPSA) is 117 Å². The average Bonchev–Trinajstić information content (AvgIpc) is 3.55. The van der Waals surface area contributed by atoms with Crippen LogP contribution in [0, 0.1) is 12.8 Å². The van der Waals surface area contributed by atoms with Gasteiger partial charge in [0.25, 0.3) is 5.56 Å². The average molecular weight is 539 g/mol. The fraction of sp³-hybridized carbons (Fsp3) is 0.552. The summed E-state index contributed by atoms with van der Waals surface area (Å²) < 4.78 is 20.3. The number of carbonyl (C=O) groups is 1. The lowest BCUT2D eigenvalue weighted by molar-refractivity contribution is -0.154. The van der Waals surface area contributed by atoms with E-state index in [1.807, 2.05) is 31.3 Å². The van der Waals surface area contributed by atoms with E-state index in [1.54, 1.807) is 18.5 Å². The molecule has 1 aromatic carbocycles. The number of aryl methyl sites for hydroxylation is 2. The van der Waals surface area contributed by atoms with E-state index in [9.17, 15) is 14.7 Å². The summed E-state index contributed by atoms with van der Waals surface area (Å²) in [5.41, 5.74) is 4.35. The summed E-state index contributed by atoms with van der Waals surface area (Å²) in [5, 5.41) is 13.5. The molecule has 0 spiro atoms. The van der Waals surface area contributed by atoms with Crippen LogP contribution in [-0.4, -0.2) is 69.9 Å². The van der Waals surface area contributed by atoms with Crippen LogP contribution in [0.2, 0.25) is 0 Å². The minimum absolute atomic E-state index is 0.0224. The van der Waals surface area contributed by atoms with Crippen LogP contribution in [0.4, 0.5) is 0 Å². The number of aliphatic hydroxyl groups excluding tert-OH is 1. The highest BCUT2D eigenvalue weighted by Gasteiger charge is 2.29. The van der Waals surface area contributed by atoms with Crippen molar-refractivity contribution in [3.63, 3.8) is 0 Å². The van der Waals surface area contributed by atoms with Crippen LogP contribution in [0.5, 0.6) is 0 Å². The van der Waals surface area contributed by atoms with Crippen molar-refractivity contribution in [3.8, 4) is 11.4 Å². The number of ether oxygens (including phenoxy) is 3. The van der Waals surface area contributed by atoms with Crippen molar-refractivity contribution >= 4 is 17.0 Å². The smallest absolute Gasteiger partial charge is 0.326 e. The van der Waals surface area contributed by atoms with Crippen LogP contribution in [-0.2, 0) is 39.1 Å². The quantitative estimate of drug-likeness (QED) is 0.399. The van der Waals surface area contributed by atoms with Gasteiger partial charge in [0.1, 0.15) is 18.0 Å². The number of benzene rings is 1. The summed E-state index contributed by atoms with van der Waals surface area (Å²) in [6.45, 7) is 7.05. The molecule has 10 heteroatoms. The van der Waals surface area contributed by atoms with Gasteiger partial charge in [-0.2, -0.15) is 0 Å². The third kappa shape index (κ3) is 6.24. The predicted molar refractivity (Wildman–Crippen MR) is 146 cm³/mol. The summed E-state index contributed by atoms with van der Waals surface area (Å²) in [6, 6.07) is 7.10. The molecule has 4 heterocycles. The van der Waals surface area contributed by atoms with E-state index in [2.05, 4.69) is 16.0 Å². The van der Waals surface area contributed by atoms with Crippen molar-refractivity contribution in [2.24, 2.45) is 13.0 Å². The number of aliphatic hydroxyl groups is 1. The molecule has 2 aliphatic rings. The molecule has 0 bridgehead atoms. The summed E-state index contributed by atoms with van der Waals surface area (Å²) >= 11 is 0. The zero-order chi connectivity index (χ0) is 27.5. The van der Waals surface area contributed by atoms with E-state index in [0.717, 1.165) is 60.6 Å². The highest BCUT2D eigenvalue weighted by Crippen LogP contribution is 2.29. The van der Waals surface area contributed by atoms with Gasteiger partial charge in [-0.05, 0) is 56.4 Å². The Bertz CT molecular complexity index is 1340. The molecule has 10 nitrogen and oxygen atoms in total. The Hall–Kier alpha value is -3.05. The molecule has 1 unspecified atom stereocenters. The number of rotatable bonds is 9. The number of nitrogens with zero attached hydrogens (tertiary/aromatic N) is 3. The molecule has 5 rings (SSSR count). The van der Waals surface area contributed by atoms with E-state index < -0.39 is 18.1 Å². The van der Waals surface area contributed by atoms with E-state index in [4.69, 9.17) is 19.2 Å². The Kier molecular flexibility index (Phi) is 8.46. The van der Waals surface area contributed by atoms with Crippen molar-refractivity contribution in [3.05, 3.63) is 51.9 Å². The zero-order valence-corrected chi connectivity index (χ0v) is 22.9. The van der Waals surface area contributed by atoms with Crippen LogP contribution in [0.25, 0.3) is 22.4 Å². The Morgan fingerprint density at radius 3 is 2.67 bits per heavy atom. The number of aromatic nitrogens is 3. The lowest BCUT2D eigenvalue weighted by Crippen LogP contribution is -2.46. The SMILES string of the molecule is Cc1cc(-c2nc3ccc(CN[C@H](C(=O)OC4CCOC4)[C@@H](C)O)cc3n2CC2CCOCC2)cn(C)c1=O. The maximum Gasteiger partial charge on any atom is 0.326 e. The molecule has 3 aromatic rings. The largest absolute Gasteiger partial charge is 0.459 e. The molecule has 39 heavy (non-hydrogen) atoms. The fourth-order valence-corrected chi connectivity index (χ4v) is 5.39. The van der Waals surface area contributed by atoms with Crippen LogP contribution in [0.1, 0.15) is 37.3 Å². The summed E-state index contributed by atoms with van der Waals surface area (Å²) in [4.78, 5) is 30.1. The Balaban J connectivity index is 1.43. The highest BCUT2D eigenvalue weighted by atomic mass is 16.6. The molecule has 2 saturated heterocycles. The second-order valence-electron chi connectivity index (χ2n) is 10.8. The molecule has 2 aromatic heterocycles. The first-order valence-corrected chi connectivity index (χ1v) is 13.7. The number of hydrogen-bond acceptors (Lipinski definition) is 8. The van der Waals surface area contributed by atoms with Gasteiger partial charge in [-0.3, -0.25) is 14.9 Å². The van der Waals surface area contributed by atoms with E-state index >= 15 is 0 Å². The molecule has 3 atom stereocenters. The van der Waals surface area contributed by atoms with Crippen molar-refractivity contribution in [1.29, 1.82) is 0 Å². The van der Waals surface area contributed by atoms with Crippen molar-refractivity contribution in [2.75, 3.05) is 26.4 Å². The number of fused-ring (bicyclic) bond motifs is 1. The molecule has 0 aliphatic carbocycles. The van der Waals surface area contributed by atoms with Gasteiger partial charge in [0, 0.05) is 57.1 Å². The molecule has 0 amide bonds. The number of imidazole rings is 1. The van der Waals surface area contributed by atoms with Crippen molar-refractivity contribution in [2.45, 2.75) is 64.4 Å². The number of nitrogens with one attached hydrogen (secondary N) is 1. The third-order valence-electron chi connectivity index (χ3n) is 7.65.